The molecule has 11 heavy (non-hydrogen) atoms. The Morgan fingerprint density at radius 2 is 2.36 bits per heavy atom. The van der Waals surface area contributed by atoms with Crippen LogP contribution in [0.4, 0.5) is 0 Å². The number of nitrogens with two attached hydrogens (primary N) is 1. The first-order valence-electron chi connectivity index (χ1n) is 4.42. The van der Waals surface area contributed by atoms with E-state index in [9.17, 15) is 0 Å². The largest absolute Gasteiger partial charge is 0.382 e. The van der Waals surface area contributed by atoms with Gasteiger partial charge < -0.3 is 4.74 Å². The van der Waals surface area contributed by atoms with Crippen molar-refractivity contribution in [2.24, 2.45) is 11.8 Å². The summed E-state index contributed by atoms with van der Waals surface area (Å²) in [7, 11) is 0. The van der Waals surface area contributed by atoms with E-state index in [0.29, 0.717) is 6.04 Å². The van der Waals surface area contributed by atoms with Crippen molar-refractivity contribution in [3.63, 3.8) is 0 Å². The van der Waals surface area contributed by atoms with Gasteiger partial charge in [-0.2, -0.15) is 0 Å². The maximum atomic E-state index is 5.39. The summed E-state index contributed by atoms with van der Waals surface area (Å²) in [6, 6.07) is 0.488. The number of ether oxygens (including phenoxy) is 1. The summed E-state index contributed by atoms with van der Waals surface area (Å²) < 4.78 is 5.25. The lowest BCUT2D eigenvalue weighted by atomic mass is 10.1. The zero-order chi connectivity index (χ0) is 8.10. The Kier molecular flexibility index (Phi) is 3.83. The van der Waals surface area contributed by atoms with Crippen LogP contribution in [0.15, 0.2) is 0 Å². The van der Waals surface area contributed by atoms with Gasteiger partial charge in [-0.05, 0) is 32.1 Å². The van der Waals surface area contributed by atoms with Crippen molar-refractivity contribution in [1.29, 1.82) is 0 Å². The third-order valence-electron chi connectivity index (χ3n) is 2.18. The van der Waals surface area contributed by atoms with E-state index in [1.807, 2.05) is 6.92 Å². The van der Waals surface area contributed by atoms with E-state index < -0.39 is 0 Å². The van der Waals surface area contributed by atoms with Crippen LogP contribution in [0.3, 0.4) is 0 Å². The Morgan fingerprint density at radius 1 is 1.64 bits per heavy atom. The Morgan fingerprint density at radius 3 is 2.82 bits per heavy atom. The first kappa shape index (κ1) is 8.97. The van der Waals surface area contributed by atoms with Crippen LogP contribution in [0, 0.1) is 5.92 Å². The molecule has 3 nitrogen and oxygen atoms in total. The molecule has 1 aliphatic carbocycles. The summed E-state index contributed by atoms with van der Waals surface area (Å²) in [5.74, 6) is 6.21. The summed E-state index contributed by atoms with van der Waals surface area (Å²) in [6.45, 7) is 3.66. The van der Waals surface area contributed by atoms with E-state index in [1.165, 1.54) is 12.8 Å². The average Bonchev–Trinajstić information content (AvgIpc) is 2.81. The molecule has 0 saturated heterocycles. The second kappa shape index (κ2) is 4.70. The third kappa shape index (κ3) is 3.18. The van der Waals surface area contributed by atoms with E-state index in [0.717, 1.165) is 25.6 Å². The maximum absolute atomic E-state index is 5.39. The van der Waals surface area contributed by atoms with Gasteiger partial charge in [0.25, 0.3) is 0 Å². The van der Waals surface area contributed by atoms with Gasteiger partial charge >= 0.3 is 0 Å². The lowest BCUT2D eigenvalue weighted by Crippen LogP contribution is -2.37. The topological polar surface area (TPSA) is 47.3 Å². The number of rotatable bonds is 6. The van der Waals surface area contributed by atoms with E-state index in [4.69, 9.17) is 10.6 Å². The van der Waals surface area contributed by atoms with E-state index in [1.54, 1.807) is 0 Å². The number of hydrazine groups is 1. The van der Waals surface area contributed by atoms with Gasteiger partial charge in [-0.15, -0.1) is 0 Å². The quantitative estimate of drug-likeness (QED) is 0.339. The molecule has 0 radical (unpaired) electrons. The summed E-state index contributed by atoms with van der Waals surface area (Å²) in [4.78, 5) is 0. The first-order chi connectivity index (χ1) is 5.38. The van der Waals surface area contributed by atoms with Gasteiger partial charge in [0.1, 0.15) is 0 Å². The number of hydrogen-bond acceptors (Lipinski definition) is 3. The molecule has 0 aliphatic heterocycles. The molecule has 1 rings (SSSR count). The van der Waals surface area contributed by atoms with Crippen LogP contribution in [-0.4, -0.2) is 19.3 Å². The molecule has 1 atom stereocenters. The second-order valence-electron chi connectivity index (χ2n) is 3.10. The standard InChI is InChI=1S/C8H18N2O/c1-2-11-6-5-8(10-9)7-3-4-7/h7-8,10H,2-6,9H2,1H3. The Bertz CT molecular complexity index is 104. The van der Waals surface area contributed by atoms with Crippen LogP contribution in [-0.2, 0) is 4.74 Å². The molecular weight excluding hydrogens is 140 g/mol. The summed E-state index contributed by atoms with van der Waals surface area (Å²) in [6.07, 6.45) is 3.72. The molecule has 0 aromatic carbocycles. The van der Waals surface area contributed by atoms with E-state index >= 15 is 0 Å². The van der Waals surface area contributed by atoms with Crippen LogP contribution >= 0.6 is 0 Å². The summed E-state index contributed by atoms with van der Waals surface area (Å²) >= 11 is 0. The van der Waals surface area contributed by atoms with Gasteiger partial charge in [-0.3, -0.25) is 11.3 Å². The van der Waals surface area contributed by atoms with Crippen molar-refractivity contribution < 1.29 is 4.74 Å². The van der Waals surface area contributed by atoms with E-state index in [2.05, 4.69) is 5.43 Å². The highest BCUT2D eigenvalue weighted by Gasteiger charge is 2.29. The van der Waals surface area contributed by atoms with Crippen molar-refractivity contribution in [3.05, 3.63) is 0 Å². The van der Waals surface area contributed by atoms with Gasteiger partial charge in [-0.25, -0.2) is 0 Å². The Hall–Kier alpha value is -0.120. The fourth-order valence-electron chi connectivity index (χ4n) is 1.31. The minimum atomic E-state index is 0.488. The molecule has 0 heterocycles. The SMILES string of the molecule is CCOCCC(NN)C1CC1. The molecular formula is C8H18N2O. The molecule has 1 unspecified atom stereocenters. The minimum absolute atomic E-state index is 0.488. The minimum Gasteiger partial charge on any atom is -0.382 e. The fourth-order valence-corrected chi connectivity index (χ4v) is 1.31. The monoisotopic (exact) mass is 158 g/mol. The van der Waals surface area contributed by atoms with Crippen LogP contribution in [0.1, 0.15) is 26.2 Å². The molecule has 1 fully saturated rings. The predicted molar refractivity (Wildman–Crippen MR) is 44.9 cm³/mol. The normalized spacial score (nSPS) is 20.2. The average molecular weight is 158 g/mol. The van der Waals surface area contributed by atoms with Crippen molar-refractivity contribution >= 4 is 0 Å². The third-order valence-corrected chi connectivity index (χ3v) is 2.18. The van der Waals surface area contributed by atoms with Crippen LogP contribution in [0.5, 0.6) is 0 Å². The lowest BCUT2D eigenvalue weighted by Gasteiger charge is -2.13. The Labute approximate surface area is 68.3 Å². The van der Waals surface area contributed by atoms with Crippen LogP contribution in [0.25, 0.3) is 0 Å². The van der Waals surface area contributed by atoms with Crippen LogP contribution < -0.4 is 11.3 Å². The van der Waals surface area contributed by atoms with Crippen molar-refractivity contribution in [3.8, 4) is 0 Å². The molecule has 3 heteroatoms. The predicted octanol–water partition coefficient (Wildman–Crippen LogP) is 0.655. The molecule has 0 aromatic rings. The summed E-state index contributed by atoms with van der Waals surface area (Å²) in [5, 5.41) is 0. The van der Waals surface area contributed by atoms with Gasteiger partial charge in [0.15, 0.2) is 0 Å². The number of nitrogens with one attached hydrogen (secondary N) is 1. The van der Waals surface area contributed by atoms with Gasteiger partial charge in [0.05, 0.1) is 0 Å². The van der Waals surface area contributed by atoms with Crippen molar-refractivity contribution in [2.45, 2.75) is 32.2 Å². The Balaban J connectivity index is 2.01. The fraction of sp³-hybridized carbons (Fsp3) is 1.00. The molecule has 3 N–H and O–H groups in total. The molecule has 66 valence electrons. The summed E-state index contributed by atoms with van der Waals surface area (Å²) in [5.41, 5.74) is 2.84. The smallest absolute Gasteiger partial charge is 0.0481 e. The molecule has 0 amide bonds. The first-order valence-corrected chi connectivity index (χ1v) is 4.42. The highest BCUT2D eigenvalue weighted by atomic mass is 16.5. The van der Waals surface area contributed by atoms with E-state index in [-0.39, 0.29) is 0 Å². The van der Waals surface area contributed by atoms with Gasteiger partial charge in [0.2, 0.25) is 0 Å². The highest BCUT2D eigenvalue weighted by Crippen LogP contribution is 2.33. The zero-order valence-corrected chi connectivity index (χ0v) is 7.18. The molecule has 1 aliphatic rings. The van der Waals surface area contributed by atoms with Crippen LogP contribution in [0.2, 0.25) is 0 Å². The van der Waals surface area contributed by atoms with Crippen molar-refractivity contribution in [2.75, 3.05) is 13.2 Å². The highest BCUT2D eigenvalue weighted by molar-refractivity contribution is 4.84. The number of hydrogen-bond donors (Lipinski definition) is 2. The molecule has 0 spiro atoms. The molecule has 0 aromatic heterocycles. The molecule has 0 bridgehead atoms. The molecule has 1 saturated carbocycles. The van der Waals surface area contributed by atoms with Crippen molar-refractivity contribution in [1.82, 2.24) is 5.43 Å². The lowest BCUT2D eigenvalue weighted by molar-refractivity contribution is 0.134. The maximum Gasteiger partial charge on any atom is 0.0481 e. The zero-order valence-electron chi connectivity index (χ0n) is 7.18. The second-order valence-corrected chi connectivity index (χ2v) is 3.10. The van der Waals surface area contributed by atoms with Gasteiger partial charge in [-0.1, -0.05) is 0 Å². The van der Waals surface area contributed by atoms with Gasteiger partial charge in [0, 0.05) is 19.3 Å².